The Morgan fingerprint density at radius 3 is 2.31 bits per heavy atom. The number of carboxylic acids is 1. The molecule has 0 aliphatic heterocycles. The van der Waals surface area contributed by atoms with Crippen molar-refractivity contribution in [3.8, 4) is 5.75 Å². The number of carbonyl (C=O) groups is 2. The predicted molar refractivity (Wildman–Crippen MR) is 100 cm³/mol. The van der Waals surface area contributed by atoms with Gasteiger partial charge in [0, 0.05) is 0 Å². The van der Waals surface area contributed by atoms with E-state index in [2.05, 4.69) is 5.32 Å². The molecule has 138 valence electrons. The monoisotopic (exact) mass is 355 g/mol. The molecule has 2 aromatic carbocycles. The Hall–Kier alpha value is -2.82. The number of hydrogen-bond acceptors (Lipinski definition) is 3. The average Bonchev–Trinajstić information content (AvgIpc) is 2.57. The molecule has 0 radical (unpaired) electrons. The number of hydrogen-bond donors (Lipinski definition) is 2. The van der Waals surface area contributed by atoms with Crippen molar-refractivity contribution in [1.82, 2.24) is 5.32 Å². The van der Waals surface area contributed by atoms with Gasteiger partial charge in [-0.25, -0.2) is 0 Å². The number of methoxy groups -OCH3 is 1. The van der Waals surface area contributed by atoms with Gasteiger partial charge in [0.1, 0.15) is 5.75 Å². The summed E-state index contributed by atoms with van der Waals surface area (Å²) in [6.45, 7) is 5.65. The van der Waals surface area contributed by atoms with Crippen molar-refractivity contribution in [2.24, 2.45) is 0 Å². The number of aliphatic carboxylic acids is 1. The molecular weight excluding hydrogens is 330 g/mol. The third-order valence-electron chi connectivity index (χ3n) is 4.61. The predicted octanol–water partition coefficient (Wildman–Crippen LogP) is 3.36. The maximum Gasteiger partial charge on any atom is 0.306 e. The van der Waals surface area contributed by atoms with Gasteiger partial charge in [0.25, 0.3) is 0 Å². The zero-order valence-corrected chi connectivity index (χ0v) is 15.6. The van der Waals surface area contributed by atoms with E-state index in [4.69, 9.17) is 4.74 Å². The first-order valence-electron chi connectivity index (χ1n) is 8.47. The second kappa shape index (κ2) is 8.04. The van der Waals surface area contributed by atoms with E-state index in [1.54, 1.807) is 38.3 Å². The molecule has 0 aliphatic carbocycles. The van der Waals surface area contributed by atoms with Crippen LogP contribution in [0.4, 0.5) is 0 Å². The molecule has 1 unspecified atom stereocenters. The number of ether oxygens (including phenoxy) is 1. The normalized spacial score (nSPS) is 12.9. The Morgan fingerprint density at radius 1 is 1.12 bits per heavy atom. The van der Waals surface area contributed by atoms with Crippen LogP contribution in [0.25, 0.3) is 0 Å². The lowest BCUT2D eigenvalue weighted by molar-refractivity contribution is -0.139. The molecule has 26 heavy (non-hydrogen) atoms. The van der Waals surface area contributed by atoms with Crippen LogP contribution in [-0.4, -0.2) is 24.1 Å². The van der Waals surface area contributed by atoms with E-state index in [9.17, 15) is 14.7 Å². The number of amides is 1. The summed E-state index contributed by atoms with van der Waals surface area (Å²) in [5.74, 6) is -0.584. The lowest BCUT2D eigenvalue weighted by Crippen LogP contribution is -2.45. The zero-order chi connectivity index (χ0) is 19.3. The van der Waals surface area contributed by atoms with Crippen LogP contribution in [0.2, 0.25) is 0 Å². The molecule has 0 saturated carbocycles. The summed E-state index contributed by atoms with van der Waals surface area (Å²) in [5.41, 5.74) is 2.71. The van der Waals surface area contributed by atoms with Crippen molar-refractivity contribution in [2.45, 2.75) is 39.2 Å². The van der Waals surface area contributed by atoms with Crippen molar-refractivity contribution >= 4 is 11.9 Å². The van der Waals surface area contributed by atoms with Gasteiger partial charge >= 0.3 is 5.97 Å². The fraction of sp³-hybridized carbons (Fsp3) is 0.333. The molecule has 0 saturated heterocycles. The van der Waals surface area contributed by atoms with Crippen molar-refractivity contribution in [2.75, 3.05) is 7.11 Å². The topological polar surface area (TPSA) is 75.6 Å². The standard InChI is InChI=1S/C21H25NO4/c1-14-7-5-8-15(2)18(14)12-19(23)22-21(3,13-20(24)25)16-9-6-10-17(11-16)26-4/h5-11H,12-13H2,1-4H3,(H,22,23)(H,24,25). The summed E-state index contributed by atoms with van der Waals surface area (Å²) >= 11 is 0. The van der Waals surface area contributed by atoms with Crippen molar-refractivity contribution in [3.05, 3.63) is 64.7 Å². The molecule has 2 rings (SSSR count). The van der Waals surface area contributed by atoms with Crippen LogP contribution < -0.4 is 10.1 Å². The van der Waals surface area contributed by atoms with Crippen LogP contribution in [0, 0.1) is 13.8 Å². The fourth-order valence-corrected chi connectivity index (χ4v) is 3.13. The van der Waals surface area contributed by atoms with Gasteiger partial charge in [-0.05, 0) is 55.2 Å². The number of aryl methyl sites for hydroxylation is 2. The fourth-order valence-electron chi connectivity index (χ4n) is 3.13. The summed E-state index contributed by atoms with van der Waals surface area (Å²) in [6.07, 6.45) is -0.0175. The van der Waals surface area contributed by atoms with Gasteiger partial charge in [-0.1, -0.05) is 30.3 Å². The summed E-state index contributed by atoms with van der Waals surface area (Å²) in [4.78, 5) is 24.1. The van der Waals surface area contributed by atoms with E-state index in [0.717, 1.165) is 16.7 Å². The van der Waals surface area contributed by atoms with E-state index >= 15 is 0 Å². The molecule has 0 heterocycles. The van der Waals surface area contributed by atoms with Crippen molar-refractivity contribution in [3.63, 3.8) is 0 Å². The number of carboxylic acid groups (broad SMARTS) is 1. The van der Waals surface area contributed by atoms with Crippen LogP contribution in [0.3, 0.4) is 0 Å². The zero-order valence-electron chi connectivity index (χ0n) is 15.6. The number of benzene rings is 2. The summed E-state index contributed by atoms with van der Waals surface area (Å²) < 4.78 is 5.23. The molecule has 0 spiro atoms. The first kappa shape index (κ1) is 19.5. The van der Waals surface area contributed by atoms with Gasteiger partial charge in [0.2, 0.25) is 5.91 Å². The lowest BCUT2D eigenvalue weighted by Gasteiger charge is -2.30. The smallest absolute Gasteiger partial charge is 0.306 e. The maximum atomic E-state index is 12.7. The number of carbonyl (C=O) groups excluding carboxylic acids is 1. The van der Waals surface area contributed by atoms with Crippen LogP contribution in [0.15, 0.2) is 42.5 Å². The molecule has 0 bridgehead atoms. The van der Waals surface area contributed by atoms with Crippen LogP contribution in [0.5, 0.6) is 5.75 Å². The minimum absolute atomic E-state index is 0.206. The van der Waals surface area contributed by atoms with Gasteiger partial charge in [-0.2, -0.15) is 0 Å². The van der Waals surface area contributed by atoms with Crippen molar-refractivity contribution in [1.29, 1.82) is 0 Å². The Balaban J connectivity index is 2.29. The summed E-state index contributed by atoms with van der Waals surface area (Å²) in [7, 11) is 1.55. The number of nitrogens with one attached hydrogen (secondary N) is 1. The first-order chi connectivity index (χ1) is 12.2. The minimum atomic E-state index is -1.03. The van der Waals surface area contributed by atoms with Gasteiger partial charge < -0.3 is 15.2 Å². The highest BCUT2D eigenvalue weighted by atomic mass is 16.5. The minimum Gasteiger partial charge on any atom is -0.497 e. The van der Waals surface area contributed by atoms with E-state index in [1.807, 2.05) is 32.0 Å². The molecule has 5 heteroatoms. The molecule has 1 atom stereocenters. The molecule has 0 aliphatic rings. The van der Waals surface area contributed by atoms with E-state index in [1.165, 1.54) is 0 Å². The highest BCUT2D eigenvalue weighted by Gasteiger charge is 2.32. The maximum absolute atomic E-state index is 12.7. The van der Waals surface area contributed by atoms with Gasteiger partial charge in [-0.3, -0.25) is 9.59 Å². The quantitative estimate of drug-likeness (QED) is 0.798. The molecular formula is C21H25NO4. The second-order valence-electron chi connectivity index (χ2n) is 6.73. The Morgan fingerprint density at radius 2 is 1.73 bits per heavy atom. The van der Waals surface area contributed by atoms with Gasteiger partial charge in [0.05, 0.1) is 25.5 Å². The summed E-state index contributed by atoms with van der Waals surface area (Å²) in [6, 6.07) is 13.0. The van der Waals surface area contributed by atoms with Gasteiger partial charge in [-0.15, -0.1) is 0 Å². The first-order valence-corrected chi connectivity index (χ1v) is 8.47. The largest absolute Gasteiger partial charge is 0.497 e. The highest BCUT2D eigenvalue weighted by molar-refractivity contribution is 5.81. The SMILES string of the molecule is COc1cccc(C(C)(CC(=O)O)NC(=O)Cc2c(C)cccc2C)c1. The molecule has 0 aromatic heterocycles. The van der Waals surface area contributed by atoms with Crippen LogP contribution in [0.1, 0.15) is 35.6 Å². The van der Waals surface area contributed by atoms with Crippen LogP contribution >= 0.6 is 0 Å². The van der Waals surface area contributed by atoms with Crippen molar-refractivity contribution < 1.29 is 19.4 Å². The Bertz CT molecular complexity index is 795. The Kier molecular flexibility index (Phi) is 6.03. The molecule has 2 N–H and O–H groups in total. The summed E-state index contributed by atoms with van der Waals surface area (Å²) in [5, 5.41) is 12.3. The van der Waals surface area contributed by atoms with E-state index in [0.29, 0.717) is 11.3 Å². The number of rotatable bonds is 7. The average molecular weight is 355 g/mol. The third kappa shape index (κ3) is 4.63. The second-order valence-corrected chi connectivity index (χ2v) is 6.73. The molecule has 5 nitrogen and oxygen atoms in total. The van der Waals surface area contributed by atoms with E-state index < -0.39 is 11.5 Å². The van der Waals surface area contributed by atoms with E-state index in [-0.39, 0.29) is 18.7 Å². The third-order valence-corrected chi connectivity index (χ3v) is 4.61. The molecule has 0 fully saturated rings. The van der Waals surface area contributed by atoms with Gasteiger partial charge in [0.15, 0.2) is 0 Å². The van der Waals surface area contributed by atoms with Crippen LogP contribution in [-0.2, 0) is 21.5 Å². The molecule has 2 aromatic rings. The molecule has 1 amide bonds. The Labute approximate surface area is 154 Å². The lowest BCUT2D eigenvalue weighted by atomic mass is 9.87. The highest BCUT2D eigenvalue weighted by Crippen LogP contribution is 2.28.